The zero-order valence-electron chi connectivity index (χ0n) is 17.2. The zero-order valence-corrected chi connectivity index (χ0v) is 17.2. The average molecular weight is 406 g/mol. The minimum absolute atomic E-state index is 0.0881. The fourth-order valence-electron chi connectivity index (χ4n) is 3.60. The molecule has 0 aliphatic carbocycles. The van der Waals surface area contributed by atoms with Crippen molar-refractivity contribution in [3.63, 3.8) is 0 Å². The predicted molar refractivity (Wildman–Crippen MR) is 120 cm³/mol. The lowest BCUT2D eigenvalue weighted by Gasteiger charge is -2.27. The summed E-state index contributed by atoms with van der Waals surface area (Å²) in [5.41, 5.74) is 10.4. The second-order valence-corrected chi connectivity index (χ2v) is 7.48. The van der Waals surface area contributed by atoms with E-state index in [0.717, 1.165) is 60.9 Å². The summed E-state index contributed by atoms with van der Waals surface area (Å²) in [7, 11) is 0. The maximum absolute atomic E-state index is 12.4. The number of aromatic nitrogens is 1. The molecule has 1 aromatic heterocycles. The van der Waals surface area contributed by atoms with Crippen LogP contribution in [0.1, 0.15) is 25.3 Å². The lowest BCUT2D eigenvalue weighted by atomic mass is 10.0. The number of nitrogens with one attached hydrogen (secondary N) is 1. The van der Waals surface area contributed by atoms with Gasteiger partial charge in [0.1, 0.15) is 11.7 Å². The van der Waals surface area contributed by atoms with Gasteiger partial charge in [-0.2, -0.15) is 0 Å². The van der Waals surface area contributed by atoms with E-state index < -0.39 is 0 Å². The molecule has 2 aromatic rings. The Balaban J connectivity index is 1.58. The lowest BCUT2D eigenvalue weighted by molar-refractivity contribution is -0.117. The van der Waals surface area contributed by atoms with Crippen molar-refractivity contribution in [2.45, 2.75) is 19.8 Å². The van der Waals surface area contributed by atoms with Crippen LogP contribution in [0, 0.1) is 0 Å². The van der Waals surface area contributed by atoms with Gasteiger partial charge in [0.15, 0.2) is 0 Å². The van der Waals surface area contributed by atoms with E-state index in [1.807, 2.05) is 43.5 Å². The van der Waals surface area contributed by atoms with Crippen LogP contribution in [0.15, 0.2) is 47.1 Å². The average Bonchev–Trinajstić information content (AvgIpc) is 2.95. The fourth-order valence-corrected chi connectivity index (χ4v) is 3.60. The lowest BCUT2D eigenvalue weighted by Crippen LogP contribution is -2.36. The minimum atomic E-state index is -0.0881. The third-order valence-electron chi connectivity index (χ3n) is 5.24. The minimum Gasteiger partial charge on any atom is -0.387 e. The molecular weight excluding hydrogens is 378 g/mol. The second kappa shape index (κ2) is 9.09. The molecule has 2 aliphatic rings. The fraction of sp³-hybridized carbons (Fsp3) is 0.348. The number of carbonyl (C=O) groups excluding carboxylic acids is 1. The third-order valence-corrected chi connectivity index (χ3v) is 5.24. The number of hydrogen-bond acceptors (Lipinski definition) is 6. The first-order valence-electron chi connectivity index (χ1n) is 10.4. The SMILES string of the molecule is CCCNC(=O)C1=Cc2ccc(-c3ccc(N4CCOCC4)nc3)cc2N=C(N)C1. The number of aliphatic imine (C=N–C) groups is 1. The van der Waals surface area contributed by atoms with E-state index in [0.29, 0.717) is 24.4 Å². The number of rotatable bonds is 5. The number of amides is 1. The number of amidine groups is 1. The van der Waals surface area contributed by atoms with Gasteiger partial charge in [0, 0.05) is 49.0 Å². The van der Waals surface area contributed by atoms with Crippen LogP contribution in [-0.4, -0.2) is 49.6 Å². The molecule has 7 nitrogen and oxygen atoms in total. The molecule has 1 fully saturated rings. The van der Waals surface area contributed by atoms with Gasteiger partial charge < -0.3 is 20.7 Å². The number of morpholine rings is 1. The van der Waals surface area contributed by atoms with E-state index in [-0.39, 0.29) is 5.91 Å². The Hall–Kier alpha value is -3.19. The van der Waals surface area contributed by atoms with Crippen molar-refractivity contribution in [1.82, 2.24) is 10.3 Å². The molecule has 3 heterocycles. The van der Waals surface area contributed by atoms with E-state index in [4.69, 9.17) is 10.5 Å². The molecule has 0 saturated carbocycles. The Morgan fingerprint density at radius 1 is 1.20 bits per heavy atom. The van der Waals surface area contributed by atoms with Gasteiger partial charge in [0.25, 0.3) is 0 Å². The monoisotopic (exact) mass is 405 g/mol. The van der Waals surface area contributed by atoms with E-state index in [1.54, 1.807) is 0 Å². The summed E-state index contributed by atoms with van der Waals surface area (Å²) in [5, 5.41) is 2.91. The van der Waals surface area contributed by atoms with Crippen molar-refractivity contribution in [3.8, 4) is 11.1 Å². The van der Waals surface area contributed by atoms with Crippen molar-refractivity contribution < 1.29 is 9.53 Å². The molecular formula is C23H27N5O2. The first-order chi connectivity index (χ1) is 14.6. The van der Waals surface area contributed by atoms with E-state index in [2.05, 4.69) is 26.3 Å². The van der Waals surface area contributed by atoms with Crippen molar-refractivity contribution in [1.29, 1.82) is 0 Å². The molecule has 2 aliphatic heterocycles. The van der Waals surface area contributed by atoms with Gasteiger partial charge >= 0.3 is 0 Å². The quantitative estimate of drug-likeness (QED) is 0.798. The van der Waals surface area contributed by atoms with Gasteiger partial charge in [0.2, 0.25) is 5.91 Å². The predicted octanol–water partition coefficient (Wildman–Crippen LogP) is 2.89. The number of anilines is 1. The van der Waals surface area contributed by atoms with Crippen molar-refractivity contribution >= 4 is 29.3 Å². The first kappa shape index (κ1) is 20.1. The van der Waals surface area contributed by atoms with Crippen molar-refractivity contribution in [3.05, 3.63) is 47.7 Å². The van der Waals surface area contributed by atoms with Crippen LogP contribution >= 0.6 is 0 Å². The number of nitrogens with two attached hydrogens (primary N) is 1. The van der Waals surface area contributed by atoms with Crippen molar-refractivity contribution in [2.75, 3.05) is 37.7 Å². The molecule has 156 valence electrons. The summed E-state index contributed by atoms with van der Waals surface area (Å²) >= 11 is 0. The Labute approximate surface area is 176 Å². The zero-order chi connectivity index (χ0) is 20.9. The number of pyridine rings is 1. The Bertz CT molecular complexity index is 976. The summed E-state index contributed by atoms with van der Waals surface area (Å²) < 4.78 is 5.41. The maximum atomic E-state index is 12.4. The molecule has 1 aromatic carbocycles. The number of nitrogens with zero attached hydrogens (tertiary/aromatic N) is 3. The van der Waals surface area contributed by atoms with Crippen LogP contribution in [0.3, 0.4) is 0 Å². The van der Waals surface area contributed by atoms with Crippen LogP contribution in [-0.2, 0) is 9.53 Å². The summed E-state index contributed by atoms with van der Waals surface area (Å²) in [4.78, 5) is 23.8. The van der Waals surface area contributed by atoms with Gasteiger partial charge in [0.05, 0.1) is 18.9 Å². The van der Waals surface area contributed by atoms with Gasteiger partial charge in [-0.15, -0.1) is 0 Å². The van der Waals surface area contributed by atoms with E-state index in [9.17, 15) is 4.79 Å². The standard InChI is InChI=1S/C23H27N5O2/c1-2-7-25-23(29)19-12-17-4-3-16(13-20(17)27-21(24)14-19)18-5-6-22(26-15-18)28-8-10-30-11-9-28/h3-6,12-13,15H,2,7-11,14H2,1H3,(H2,24,27)(H,25,29). The number of carbonyl (C=O) groups is 1. The van der Waals surface area contributed by atoms with Gasteiger partial charge in [-0.05, 0) is 36.3 Å². The highest BCUT2D eigenvalue weighted by atomic mass is 16.5. The first-order valence-corrected chi connectivity index (χ1v) is 10.4. The molecule has 0 radical (unpaired) electrons. The molecule has 0 unspecified atom stereocenters. The molecule has 0 spiro atoms. The van der Waals surface area contributed by atoms with E-state index in [1.165, 1.54) is 0 Å². The summed E-state index contributed by atoms with van der Waals surface area (Å²) in [5.74, 6) is 1.31. The maximum Gasteiger partial charge on any atom is 0.247 e. The van der Waals surface area contributed by atoms with Gasteiger partial charge in [-0.1, -0.05) is 19.1 Å². The largest absolute Gasteiger partial charge is 0.387 e. The van der Waals surface area contributed by atoms with Crippen LogP contribution in [0.5, 0.6) is 0 Å². The molecule has 4 rings (SSSR count). The second-order valence-electron chi connectivity index (χ2n) is 7.48. The highest BCUT2D eigenvalue weighted by Gasteiger charge is 2.17. The van der Waals surface area contributed by atoms with Crippen LogP contribution in [0.4, 0.5) is 11.5 Å². The van der Waals surface area contributed by atoms with Gasteiger partial charge in [-0.25, -0.2) is 9.98 Å². The number of hydrogen-bond donors (Lipinski definition) is 2. The highest BCUT2D eigenvalue weighted by Crippen LogP contribution is 2.32. The van der Waals surface area contributed by atoms with Crippen molar-refractivity contribution in [2.24, 2.45) is 10.7 Å². The number of fused-ring (bicyclic) bond motifs is 1. The Morgan fingerprint density at radius 2 is 2.00 bits per heavy atom. The van der Waals surface area contributed by atoms with Crippen LogP contribution in [0.2, 0.25) is 0 Å². The van der Waals surface area contributed by atoms with Crippen LogP contribution in [0.25, 0.3) is 17.2 Å². The number of ether oxygens (including phenoxy) is 1. The number of benzene rings is 1. The summed E-state index contributed by atoms with van der Waals surface area (Å²) in [6.07, 6.45) is 5.00. The topological polar surface area (TPSA) is 92.8 Å². The van der Waals surface area contributed by atoms with Gasteiger partial charge in [-0.3, -0.25) is 4.79 Å². The highest BCUT2D eigenvalue weighted by molar-refractivity contribution is 6.05. The Morgan fingerprint density at radius 3 is 2.73 bits per heavy atom. The molecule has 1 amide bonds. The van der Waals surface area contributed by atoms with Crippen LogP contribution < -0.4 is 16.0 Å². The molecule has 0 atom stereocenters. The summed E-state index contributed by atoms with van der Waals surface area (Å²) in [6.45, 7) is 5.86. The Kier molecular flexibility index (Phi) is 6.09. The smallest absolute Gasteiger partial charge is 0.247 e. The third kappa shape index (κ3) is 4.52. The molecule has 30 heavy (non-hydrogen) atoms. The summed E-state index contributed by atoms with van der Waals surface area (Å²) in [6, 6.07) is 10.1. The molecule has 7 heteroatoms. The van der Waals surface area contributed by atoms with E-state index >= 15 is 0 Å². The molecule has 3 N–H and O–H groups in total. The molecule has 0 bridgehead atoms. The molecule has 1 saturated heterocycles. The normalized spacial score (nSPS) is 16.2.